The summed E-state index contributed by atoms with van der Waals surface area (Å²) in [6, 6.07) is 3.06. The van der Waals surface area contributed by atoms with Gasteiger partial charge < -0.3 is 10.6 Å². The van der Waals surface area contributed by atoms with Crippen molar-refractivity contribution in [1.82, 2.24) is 29.1 Å². The quantitative estimate of drug-likeness (QED) is 0.356. The number of aromatic nitrogens is 3. The number of nitrogens with one attached hydrogen (secondary N) is 3. The highest BCUT2D eigenvalue weighted by Gasteiger charge is 2.32. The number of fused-ring (bicyclic) bond motifs is 1. The first-order valence-electron chi connectivity index (χ1n) is 12.6. The molecule has 0 bridgehead atoms. The molecule has 0 unspecified atom stereocenters. The van der Waals surface area contributed by atoms with Crippen molar-refractivity contribution in [3.63, 3.8) is 0 Å². The predicted octanol–water partition coefficient (Wildman–Crippen LogP) is 1.71. The zero-order valence-electron chi connectivity index (χ0n) is 21.7. The van der Waals surface area contributed by atoms with Gasteiger partial charge in [-0.3, -0.25) is 19.0 Å². The van der Waals surface area contributed by atoms with E-state index >= 15 is 4.39 Å². The highest BCUT2D eigenvalue weighted by molar-refractivity contribution is 7.90. The molecule has 2 aliphatic rings. The fourth-order valence-corrected chi connectivity index (χ4v) is 6.03. The normalized spacial score (nSPS) is 18.6. The van der Waals surface area contributed by atoms with Crippen LogP contribution in [0.5, 0.6) is 0 Å². The molecule has 0 aliphatic carbocycles. The van der Waals surface area contributed by atoms with Crippen LogP contribution in [-0.2, 0) is 17.3 Å². The minimum absolute atomic E-state index is 0. The van der Waals surface area contributed by atoms with Crippen molar-refractivity contribution in [2.75, 3.05) is 62.4 Å². The van der Waals surface area contributed by atoms with Gasteiger partial charge in [0.2, 0.25) is 5.95 Å². The molecule has 16 heteroatoms. The Labute approximate surface area is 235 Å². The van der Waals surface area contributed by atoms with Gasteiger partial charge in [0.05, 0.1) is 16.8 Å². The second-order valence-corrected chi connectivity index (χ2v) is 11.2. The molecule has 2 fully saturated rings. The topological polar surface area (TPSA) is 124 Å². The summed E-state index contributed by atoms with van der Waals surface area (Å²) < 4.78 is 73.2. The van der Waals surface area contributed by atoms with Crippen LogP contribution in [0.25, 0.3) is 22.2 Å². The molecule has 3 aromatic rings. The summed E-state index contributed by atoms with van der Waals surface area (Å²) in [5.41, 5.74) is -2.05. The van der Waals surface area contributed by atoms with Gasteiger partial charge in [0, 0.05) is 71.0 Å². The minimum atomic E-state index is -4.29. The van der Waals surface area contributed by atoms with Gasteiger partial charge in [0.25, 0.3) is 5.56 Å². The molecule has 1 atom stereocenters. The number of piperazine rings is 1. The summed E-state index contributed by atoms with van der Waals surface area (Å²) in [5, 5.41) is 6.79. The van der Waals surface area contributed by atoms with Crippen LogP contribution in [0.1, 0.15) is 6.42 Å². The number of hydrogen-bond donors (Lipinski definition) is 3. The number of benzene rings is 1. The van der Waals surface area contributed by atoms with Gasteiger partial charge in [-0.2, -0.15) is 17.7 Å². The van der Waals surface area contributed by atoms with Gasteiger partial charge in [-0.05, 0) is 24.6 Å². The van der Waals surface area contributed by atoms with Crippen molar-refractivity contribution in [1.29, 1.82) is 0 Å². The van der Waals surface area contributed by atoms with Crippen LogP contribution in [0, 0.1) is 11.6 Å². The third-order valence-corrected chi connectivity index (χ3v) is 8.39. The monoisotopic (exact) mass is 602 g/mol. The molecule has 11 nitrogen and oxygen atoms in total. The third-order valence-electron chi connectivity index (χ3n) is 6.90. The van der Waals surface area contributed by atoms with Gasteiger partial charge in [0.1, 0.15) is 17.6 Å². The minimum Gasteiger partial charge on any atom is -0.353 e. The molecule has 5 rings (SSSR count). The van der Waals surface area contributed by atoms with Crippen LogP contribution in [0.15, 0.2) is 29.2 Å². The summed E-state index contributed by atoms with van der Waals surface area (Å²) in [6.45, 7) is 4.74. The summed E-state index contributed by atoms with van der Waals surface area (Å²) in [6.07, 6.45) is 0.156. The van der Waals surface area contributed by atoms with Crippen molar-refractivity contribution < 1.29 is 21.6 Å². The molecule has 0 radical (unpaired) electrons. The van der Waals surface area contributed by atoms with Gasteiger partial charge >= 0.3 is 10.2 Å². The zero-order valence-corrected chi connectivity index (χ0v) is 23.3. The molecule has 2 aromatic heterocycles. The zero-order chi connectivity index (χ0) is 27.7. The lowest BCUT2D eigenvalue weighted by Gasteiger charge is -2.27. The molecule has 0 amide bonds. The maximum Gasteiger partial charge on any atom is 0.301 e. The van der Waals surface area contributed by atoms with Crippen molar-refractivity contribution in [3.05, 3.63) is 46.4 Å². The van der Waals surface area contributed by atoms with E-state index in [0.717, 1.165) is 53.7 Å². The Morgan fingerprint density at radius 3 is 2.62 bits per heavy atom. The first-order valence-corrected chi connectivity index (χ1v) is 14.0. The standard InChI is InChI=1S/C24H29F3N8O3S.ClH/c1-33-22-15(13-30-24(31-22)29-7-11-34-9-5-28-6-10-34)12-17(23(33)36)20-18(26)2-3-19(21(20)27)32-39(37,38)35-8-4-16(25)14-35;/h2-3,12-13,16,28,32H,4-11,14H2,1H3,(H,29,30,31);1H/t16-;/m1./s1. The van der Waals surface area contributed by atoms with E-state index in [-0.39, 0.29) is 43.1 Å². The van der Waals surface area contributed by atoms with E-state index in [1.54, 1.807) is 0 Å². The van der Waals surface area contributed by atoms with E-state index in [0.29, 0.717) is 17.9 Å². The molecule has 4 heterocycles. The summed E-state index contributed by atoms with van der Waals surface area (Å²) >= 11 is 0. The maximum absolute atomic E-state index is 15.5. The lowest BCUT2D eigenvalue weighted by atomic mass is 10.0. The Hall–Kier alpha value is -2.98. The Kier molecular flexibility index (Phi) is 9.19. The van der Waals surface area contributed by atoms with Crippen LogP contribution in [0.4, 0.5) is 24.8 Å². The summed E-state index contributed by atoms with van der Waals surface area (Å²) in [4.78, 5) is 24.2. The predicted molar refractivity (Wildman–Crippen MR) is 149 cm³/mol. The largest absolute Gasteiger partial charge is 0.353 e. The van der Waals surface area contributed by atoms with Crippen LogP contribution in [0.2, 0.25) is 0 Å². The van der Waals surface area contributed by atoms with Crippen molar-refractivity contribution in [2.45, 2.75) is 12.6 Å². The first kappa shape index (κ1) is 30.0. The number of pyridine rings is 1. The number of hydrogen-bond acceptors (Lipinski definition) is 8. The van der Waals surface area contributed by atoms with Crippen LogP contribution >= 0.6 is 12.4 Å². The summed E-state index contributed by atoms with van der Waals surface area (Å²) in [5.74, 6) is -2.01. The second kappa shape index (κ2) is 12.3. The highest BCUT2D eigenvalue weighted by atomic mass is 35.5. The first-order chi connectivity index (χ1) is 18.6. The Balaban J connectivity index is 0.00000370. The molecule has 0 spiro atoms. The van der Waals surface area contributed by atoms with Crippen molar-refractivity contribution >= 4 is 45.3 Å². The van der Waals surface area contributed by atoms with Crippen LogP contribution in [-0.4, -0.2) is 90.7 Å². The van der Waals surface area contributed by atoms with Crippen molar-refractivity contribution in [3.8, 4) is 11.1 Å². The molecule has 0 saturated carbocycles. The molecular weight excluding hydrogens is 573 g/mol. The number of nitrogens with zero attached hydrogens (tertiary/aromatic N) is 5. The molecule has 2 aliphatic heterocycles. The maximum atomic E-state index is 15.5. The van der Waals surface area contributed by atoms with E-state index < -0.39 is 44.8 Å². The van der Waals surface area contributed by atoms with Gasteiger partial charge in [-0.1, -0.05) is 0 Å². The van der Waals surface area contributed by atoms with E-state index in [2.05, 4.69) is 25.5 Å². The summed E-state index contributed by atoms with van der Waals surface area (Å²) in [7, 11) is -2.86. The SMILES string of the molecule is Cl.Cn1c(=O)c(-c2c(F)ccc(NS(=O)(=O)N3CC[C@@H](F)C3)c2F)cc2cnc(NCCN3CCNCC3)nc21. The number of alkyl halides is 1. The lowest BCUT2D eigenvalue weighted by molar-refractivity contribution is 0.249. The molecular formula is C24H30ClF3N8O3S. The number of rotatable bonds is 8. The van der Waals surface area contributed by atoms with Crippen molar-refractivity contribution in [2.24, 2.45) is 7.05 Å². The molecule has 218 valence electrons. The number of halogens is 4. The average molecular weight is 603 g/mol. The van der Waals surface area contributed by atoms with Gasteiger partial charge in [-0.15, -0.1) is 12.4 Å². The third kappa shape index (κ3) is 6.17. The molecule has 40 heavy (non-hydrogen) atoms. The smallest absolute Gasteiger partial charge is 0.301 e. The average Bonchev–Trinajstić information content (AvgIpc) is 3.37. The van der Waals surface area contributed by atoms with Crippen LogP contribution < -0.4 is 20.9 Å². The van der Waals surface area contributed by atoms with Gasteiger partial charge in [0.15, 0.2) is 5.82 Å². The van der Waals surface area contributed by atoms with E-state index in [1.807, 2.05) is 4.72 Å². The Morgan fingerprint density at radius 2 is 1.93 bits per heavy atom. The number of aryl methyl sites for hydroxylation is 1. The Bertz CT molecular complexity index is 1550. The Morgan fingerprint density at radius 1 is 1.18 bits per heavy atom. The van der Waals surface area contributed by atoms with E-state index in [1.165, 1.54) is 19.3 Å². The van der Waals surface area contributed by atoms with E-state index in [4.69, 9.17) is 0 Å². The fourth-order valence-electron chi connectivity index (χ4n) is 4.76. The lowest BCUT2D eigenvalue weighted by Crippen LogP contribution is -2.45. The number of anilines is 2. The molecule has 1 aromatic carbocycles. The molecule has 2 saturated heterocycles. The molecule has 3 N–H and O–H groups in total. The van der Waals surface area contributed by atoms with Gasteiger partial charge in [-0.25, -0.2) is 18.2 Å². The second-order valence-electron chi connectivity index (χ2n) is 9.55. The fraction of sp³-hybridized carbons (Fsp3) is 0.458. The van der Waals surface area contributed by atoms with E-state index in [9.17, 15) is 22.0 Å². The van der Waals surface area contributed by atoms with Crippen LogP contribution in [0.3, 0.4) is 0 Å². The highest BCUT2D eigenvalue weighted by Crippen LogP contribution is 2.31.